The lowest BCUT2D eigenvalue weighted by Gasteiger charge is -2.27. The van der Waals surface area contributed by atoms with Crippen molar-refractivity contribution in [1.82, 2.24) is 10.2 Å². The van der Waals surface area contributed by atoms with Crippen molar-refractivity contribution in [2.45, 2.75) is 24.6 Å². The van der Waals surface area contributed by atoms with E-state index in [0.717, 1.165) is 0 Å². The molecule has 2 fully saturated rings. The predicted octanol–water partition coefficient (Wildman–Crippen LogP) is 0.633. The summed E-state index contributed by atoms with van der Waals surface area (Å²) in [5.74, 6) is -0.675. The van der Waals surface area contributed by atoms with Crippen molar-refractivity contribution in [2.24, 2.45) is 0 Å². The van der Waals surface area contributed by atoms with Crippen LogP contribution in [-0.2, 0) is 4.79 Å². The molecular formula is C7H7F3N2O2. The van der Waals surface area contributed by atoms with Crippen LogP contribution in [0, 0.1) is 0 Å². The molecule has 1 aliphatic carbocycles. The minimum atomic E-state index is -4.45. The SMILES string of the molecule is O=C1CN(C2(C(F)(F)F)CC2)C(=O)N1. The number of amides is 3. The smallest absolute Gasteiger partial charge is 0.300 e. The quantitative estimate of drug-likeness (QED) is 0.642. The Labute approximate surface area is 77.0 Å². The number of carbonyl (C=O) groups is 2. The van der Waals surface area contributed by atoms with E-state index in [4.69, 9.17) is 0 Å². The minimum Gasteiger partial charge on any atom is -0.300 e. The lowest BCUT2D eigenvalue weighted by Crippen LogP contribution is -2.49. The second-order valence-corrected chi connectivity index (χ2v) is 3.47. The molecule has 0 unspecified atom stereocenters. The third kappa shape index (κ3) is 1.08. The molecule has 0 bridgehead atoms. The van der Waals surface area contributed by atoms with Crippen molar-refractivity contribution >= 4 is 11.9 Å². The number of halogens is 3. The number of imide groups is 1. The molecule has 0 aromatic heterocycles. The average Bonchev–Trinajstić information content (AvgIpc) is 2.73. The van der Waals surface area contributed by atoms with Gasteiger partial charge in [0.1, 0.15) is 12.1 Å². The number of hydrogen-bond donors (Lipinski definition) is 1. The Balaban J connectivity index is 2.24. The van der Waals surface area contributed by atoms with E-state index in [1.165, 1.54) is 0 Å². The molecule has 3 amide bonds. The van der Waals surface area contributed by atoms with Gasteiger partial charge < -0.3 is 4.90 Å². The van der Waals surface area contributed by atoms with E-state index in [1.54, 1.807) is 0 Å². The first-order chi connectivity index (χ1) is 6.37. The van der Waals surface area contributed by atoms with Gasteiger partial charge in [-0.05, 0) is 12.8 Å². The van der Waals surface area contributed by atoms with Gasteiger partial charge in [-0.2, -0.15) is 13.2 Å². The molecule has 0 aromatic carbocycles. The summed E-state index contributed by atoms with van der Waals surface area (Å²) in [6, 6.07) is -0.940. The molecule has 0 atom stereocenters. The van der Waals surface area contributed by atoms with Gasteiger partial charge in [0.15, 0.2) is 0 Å². The first-order valence-corrected chi connectivity index (χ1v) is 4.05. The average molecular weight is 208 g/mol. The van der Waals surface area contributed by atoms with E-state index < -0.39 is 30.2 Å². The Morgan fingerprint density at radius 2 is 1.86 bits per heavy atom. The van der Waals surface area contributed by atoms with E-state index in [9.17, 15) is 22.8 Å². The van der Waals surface area contributed by atoms with Crippen LogP contribution in [0.2, 0.25) is 0 Å². The molecule has 2 rings (SSSR count). The highest BCUT2D eigenvalue weighted by atomic mass is 19.4. The van der Waals surface area contributed by atoms with Crippen molar-refractivity contribution in [3.05, 3.63) is 0 Å². The van der Waals surface area contributed by atoms with E-state index in [-0.39, 0.29) is 12.8 Å². The van der Waals surface area contributed by atoms with E-state index >= 15 is 0 Å². The second-order valence-electron chi connectivity index (χ2n) is 3.47. The molecule has 0 aromatic rings. The van der Waals surface area contributed by atoms with Crippen LogP contribution in [0.3, 0.4) is 0 Å². The zero-order valence-electron chi connectivity index (χ0n) is 7.02. The number of hydrogen-bond acceptors (Lipinski definition) is 2. The molecular weight excluding hydrogens is 201 g/mol. The van der Waals surface area contributed by atoms with Crippen LogP contribution in [0.5, 0.6) is 0 Å². The summed E-state index contributed by atoms with van der Waals surface area (Å²) in [5.41, 5.74) is -2.08. The largest absolute Gasteiger partial charge is 0.411 e. The first-order valence-electron chi connectivity index (χ1n) is 4.05. The van der Waals surface area contributed by atoms with Gasteiger partial charge in [-0.3, -0.25) is 10.1 Å². The number of urea groups is 1. The summed E-state index contributed by atoms with van der Waals surface area (Å²) in [6.07, 6.45) is -4.68. The van der Waals surface area contributed by atoms with Crippen LogP contribution in [0.25, 0.3) is 0 Å². The number of nitrogens with zero attached hydrogens (tertiary/aromatic N) is 1. The van der Waals surface area contributed by atoms with Crippen LogP contribution >= 0.6 is 0 Å². The van der Waals surface area contributed by atoms with Gasteiger partial charge in [0.2, 0.25) is 5.91 Å². The fraction of sp³-hybridized carbons (Fsp3) is 0.714. The molecule has 1 N–H and O–H groups in total. The van der Waals surface area contributed by atoms with Gasteiger partial charge in [0.25, 0.3) is 0 Å². The standard InChI is InChI=1S/C7H7F3N2O2/c8-7(9,10)6(1-2-6)12-3-4(13)11-5(12)14/h1-3H2,(H,11,13,14). The maximum Gasteiger partial charge on any atom is 0.411 e. The highest BCUT2D eigenvalue weighted by Crippen LogP contribution is 2.53. The van der Waals surface area contributed by atoms with Crippen LogP contribution < -0.4 is 5.32 Å². The van der Waals surface area contributed by atoms with E-state index in [2.05, 4.69) is 0 Å². The maximum absolute atomic E-state index is 12.5. The first kappa shape index (κ1) is 9.29. The summed E-state index contributed by atoms with van der Waals surface area (Å²) >= 11 is 0. The van der Waals surface area contributed by atoms with Gasteiger partial charge in [-0.1, -0.05) is 0 Å². The Hall–Kier alpha value is -1.27. The Kier molecular flexibility index (Phi) is 1.59. The van der Waals surface area contributed by atoms with E-state index in [0.29, 0.717) is 4.90 Å². The van der Waals surface area contributed by atoms with Gasteiger partial charge in [-0.25, -0.2) is 4.79 Å². The van der Waals surface area contributed by atoms with Gasteiger partial charge >= 0.3 is 12.2 Å². The highest BCUT2D eigenvalue weighted by Gasteiger charge is 2.69. The number of carbonyl (C=O) groups excluding carboxylic acids is 2. The number of nitrogens with one attached hydrogen (secondary N) is 1. The third-order valence-electron chi connectivity index (χ3n) is 2.56. The molecule has 7 heteroatoms. The molecule has 0 radical (unpaired) electrons. The predicted molar refractivity (Wildman–Crippen MR) is 38.3 cm³/mol. The molecule has 4 nitrogen and oxygen atoms in total. The number of rotatable bonds is 1. The normalized spacial score (nSPS) is 25.2. The van der Waals surface area contributed by atoms with Crippen molar-refractivity contribution in [3.63, 3.8) is 0 Å². The zero-order valence-corrected chi connectivity index (χ0v) is 7.02. The third-order valence-corrected chi connectivity index (χ3v) is 2.56. The molecule has 1 aliphatic heterocycles. The fourth-order valence-electron chi connectivity index (χ4n) is 1.61. The van der Waals surface area contributed by atoms with Crippen molar-refractivity contribution in [2.75, 3.05) is 6.54 Å². The molecule has 1 saturated heterocycles. The second kappa shape index (κ2) is 2.40. The molecule has 1 heterocycles. The van der Waals surface area contributed by atoms with Gasteiger partial charge in [0, 0.05) is 0 Å². The molecule has 14 heavy (non-hydrogen) atoms. The van der Waals surface area contributed by atoms with Crippen molar-refractivity contribution in [1.29, 1.82) is 0 Å². The molecule has 1 saturated carbocycles. The van der Waals surface area contributed by atoms with Gasteiger partial charge in [0.05, 0.1) is 0 Å². The summed E-state index contributed by atoms with van der Waals surface area (Å²) < 4.78 is 37.5. The fourth-order valence-corrected chi connectivity index (χ4v) is 1.61. The maximum atomic E-state index is 12.5. The lowest BCUT2D eigenvalue weighted by molar-refractivity contribution is -0.186. The van der Waals surface area contributed by atoms with E-state index in [1.807, 2.05) is 5.32 Å². The number of alkyl halides is 3. The van der Waals surface area contributed by atoms with Gasteiger partial charge in [-0.15, -0.1) is 0 Å². The minimum absolute atomic E-state index is 0.114. The molecule has 78 valence electrons. The molecule has 0 spiro atoms. The monoisotopic (exact) mass is 208 g/mol. The van der Waals surface area contributed by atoms with Crippen molar-refractivity contribution in [3.8, 4) is 0 Å². The summed E-state index contributed by atoms with van der Waals surface area (Å²) in [6.45, 7) is -0.488. The van der Waals surface area contributed by atoms with Crippen LogP contribution in [0.1, 0.15) is 12.8 Å². The summed E-state index contributed by atoms with van der Waals surface area (Å²) in [4.78, 5) is 22.3. The molecule has 2 aliphatic rings. The van der Waals surface area contributed by atoms with Crippen molar-refractivity contribution < 1.29 is 22.8 Å². The highest BCUT2D eigenvalue weighted by molar-refractivity contribution is 6.02. The topological polar surface area (TPSA) is 49.4 Å². The Bertz CT molecular complexity index is 309. The van der Waals surface area contributed by atoms with Crippen LogP contribution in [0.4, 0.5) is 18.0 Å². The summed E-state index contributed by atoms with van der Waals surface area (Å²) in [7, 11) is 0. The lowest BCUT2D eigenvalue weighted by atomic mass is 10.2. The van der Waals surface area contributed by atoms with Crippen LogP contribution in [0.15, 0.2) is 0 Å². The van der Waals surface area contributed by atoms with Crippen LogP contribution in [-0.4, -0.2) is 35.1 Å². The Morgan fingerprint density at radius 3 is 2.14 bits per heavy atom. The Morgan fingerprint density at radius 1 is 1.29 bits per heavy atom. The zero-order chi connectivity index (χ0) is 10.6. The summed E-state index contributed by atoms with van der Waals surface area (Å²) in [5, 5.41) is 1.83.